The topological polar surface area (TPSA) is 77.0 Å². The van der Waals surface area contributed by atoms with E-state index in [0.717, 1.165) is 22.8 Å². The van der Waals surface area contributed by atoms with Crippen LogP contribution in [0.1, 0.15) is 42.5 Å². The van der Waals surface area contributed by atoms with Crippen LogP contribution in [0, 0.1) is 11.6 Å². The molecule has 2 aliphatic rings. The van der Waals surface area contributed by atoms with Crippen LogP contribution < -0.4 is 5.73 Å². The standard InChI is InChI=1S/C18H18F5N5O/c19-10-1-3-13(20)9(5-10)6-11(24)7-15(29)28-12-2-4-14(28)16-25-26-17(18(21,22)23)27(16)8-12/h1,3,5,11-12,14H,2,4,6-8,24H2/t11-,12+,14+/m1/s1. The molecule has 11 heteroatoms. The van der Waals surface area contributed by atoms with E-state index in [4.69, 9.17) is 5.73 Å². The van der Waals surface area contributed by atoms with E-state index in [0.29, 0.717) is 12.8 Å². The highest BCUT2D eigenvalue weighted by atomic mass is 19.4. The highest BCUT2D eigenvalue weighted by molar-refractivity contribution is 5.78. The maximum Gasteiger partial charge on any atom is 0.451 e. The molecule has 0 saturated carbocycles. The van der Waals surface area contributed by atoms with E-state index in [-0.39, 0.29) is 36.7 Å². The largest absolute Gasteiger partial charge is 0.451 e. The molecule has 1 fully saturated rings. The lowest BCUT2D eigenvalue weighted by Gasteiger charge is -2.36. The van der Waals surface area contributed by atoms with Gasteiger partial charge in [-0.1, -0.05) is 0 Å². The summed E-state index contributed by atoms with van der Waals surface area (Å²) in [4.78, 5) is 14.3. The summed E-state index contributed by atoms with van der Waals surface area (Å²) in [6.07, 6.45) is -3.75. The third-order valence-corrected chi connectivity index (χ3v) is 5.44. The Hall–Kier alpha value is -2.56. The van der Waals surface area contributed by atoms with Crippen LogP contribution in [0.2, 0.25) is 0 Å². The highest BCUT2D eigenvalue weighted by Crippen LogP contribution is 2.43. The molecule has 6 nitrogen and oxygen atoms in total. The van der Waals surface area contributed by atoms with Crippen LogP contribution in [-0.4, -0.2) is 37.7 Å². The van der Waals surface area contributed by atoms with Crippen molar-refractivity contribution in [1.82, 2.24) is 19.7 Å². The normalized spacial score (nSPS) is 21.9. The molecule has 2 bridgehead atoms. The van der Waals surface area contributed by atoms with Crippen molar-refractivity contribution >= 4 is 5.91 Å². The summed E-state index contributed by atoms with van der Waals surface area (Å²) in [5.74, 6) is -2.50. The fourth-order valence-corrected chi connectivity index (χ4v) is 4.24. The number of aromatic nitrogens is 3. The zero-order chi connectivity index (χ0) is 20.9. The Morgan fingerprint density at radius 1 is 1.24 bits per heavy atom. The predicted octanol–water partition coefficient (Wildman–Crippen LogP) is 2.58. The molecule has 2 aromatic rings. The zero-order valence-corrected chi connectivity index (χ0v) is 15.2. The number of carbonyl (C=O) groups excluding carboxylic acids is 1. The molecule has 3 heterocycles. The molecular formula is C18H18F5N5O. The van der Waals surface area contributed by atoms with Gasteiger partial charge in [0, 0.05) is 19.0 Å². The molecule has 0 aliphatic carbocycles. The van der Waals surface area contributed by atoms with Gasteiger partial charge in [-0.05, 0) is 43.0 Å². The monoisotopic (exact) mass is 415 g/mol. The summed E-state index contributed by atoms with van der Waals surface area (Å²) in [7, 11) is 0. The number of alkyl halides is 3. The van der Waals surface area contributed by atoms with Crippen LogP contribution in [0.4, 0.5) is 22.0 Å². The Labute approximate surface area is 162 Å². The van der Waals surface area contributed by atoms with E-state index < -0.39 is 41.8 Å². The first-order valence-corrected chi connectivity index (χ1v) is 9.16. The number of halogens is 5. The lowest BCUT2D eigenvalue weighted by Crippen LogP contribution is -2.46. The first-order valence-electron chi connectivity index (χ1n) is 9.16. The average Bonchev–Trinajstić information content (AvgIpc) is 3.19. The van der Waals surface area contributed by atoms with Crippen LogP contribution in [0.3, 0.4) is 0 Å². The molecular weight excluding hydrogens is 397 g/mol. The molecule has 156 valence electrons. The minimum Gasteiger partial charge on any atom is -0.328 e. The van der Waals surface area contributed by atoms with Gasteiger partial charge in [-0.25, -0.2) is 8.78 Å². The van der Waals surface area contributed by atoms with Crippen molar-refractivity contribution in [3.63, 3.8) is 0 Å². The van der Waals surface area contributed by atoms with Gasteiger partial charge in [-0.2, -0.15) is 13.2 Å². The summed E-state index contributed by atoms with van der Waals surface area (Å²) in [6, 6.07) is 1.26. The number of fused-ring (bicyclic) bond motifs is 4. The Bertz CT molecular complexity index is 943. The van der Waals surface area contributed by atoms with Crippen LogP contribution in [0.15, 0.2) is 18.2 Å². The summed E-state index contributed by atoms with van der Waals surface area (Å²) >= 11 is 0. The third kappa shape index (κ3) is 3.59. The number of nitrogens with zero attached hydrogens (tertiary/aromatic N) is 4. The maximum absolute atomic E-state index is 13.8. The van der Waals surface area contributed by atoms with E-state index in [2.05, 4.69) is 10.2 Å². The second-order valence-electron chi connectivity index (χ2n) is 7.44. The van der Waals surface area contributed by atoms with Gasteiger partial charge in [-0.15, -0.1) is 10.2 Å². The van der Waals surface area contributed by atoms with Crippen molar-refractivity contribution in [2.45, 2.75) is 56.5 Å². The molecule has 4 rings (SSSR count). The molecule has 3 atom stereocenters. The quantitative estimate of drug-likeness (QED) is 0.779. The second kappa shape index (κ2) is 7.05. The third-order valence-electron chi connectivity index (χ3n) is 5.44. The van der Waals surface area contributed by atoms with Crippen LogP contribution in [-0.2, 0) is 23.9 Å². The Balaban J connectivity index is 1.49. The average molecular weight is 415 g/mol. The minimum atomic E-state index is -4.62. The Kier molecular flexibility index (Phi) is 4.80. The summed E-state index contributed by atoms with van der Waals surface area (Å²) in [5, 5.41) is 6.94. The van der Waals surface area contributed by atoms with Crippen molar-refractivity contribution in [1.29, 1.82) is 0 Å². The lowest BCUT2D eigenvalue weighted by molar-refractivity contribution is -0.148. The SMILES string of the molecule is N[C@@H](CC(=O)N1[C@H]2CC[C@H]1c1nnc(C(F)(F)F)n1C2)Cc1cc(F)ccc1F. The lowest BCUT2D eigenvalue weighted by atomic mass is 10.0. The van der Waals surface area contributed by atoms with Crippen molar-refractivity contribution in [3.05, 3.63) is 47.0 Å². The fraction of sp³-hybridized carbons (Fsp3) is 0.500. The molecule has 29 heavy (non-hydrogen) atoms. The van der Waals surface area contributed by atoms with Crippen LogP contribution >= 0.6 is 0 Å². The van der Waals surface area contributed by atoms with Crippen molar-refractivity contribution in [2.75, 3.05) is 0 Å². The number of benzene rings is 1. The Morgan fingerprint density at radius 2 is 2.00 bits per heavy atom. The van der Waals surface area contributed by atoms with Gasteiger partial charge in [0.2, 0.25) is 11.7 Å². The molecule has 0 radical (unpaired) electrons. The van der Waals surface area contributed by atoms with E-state index in [1.165, 1.54) is 4.90 Å². The molecule has 1 amide bonds. The Morgan fingerprint density at radius 3 is 2.72 bits per heavy atom. The maximum atomic E-state index is 13.8. The summed E-state index contributed by atoms with van der Waals surface area (Å²) in [5.41, 5.74) is 6.05. The molecule has 1 saturated heterocycles. The first-order chi connectivity index (χ1) is 13.6. The first kappa shape index (κ1) is 19.7. The van der Waals surface area contributed by atoms with Gasteiger partial charge in [0.05, 0.1) is 12.1 Å². The summed E-state index contributed by atoms with van der Waals surface area (Å²) < 4.78 is 67.4. The summed E-state index contributed by atoms with van der Waals surface area (Å²) in [6.45, 7) is -0.0345. The van der Waals surface area contributed by atoms with Crippen molar-refractivity contribution in [2.24, 2.45) is 5.73 Å². The number of carbonyl (C=O) groups is 1. The molecule has 2 aliphatic heterocycles. The van der Waals surface area contributed by atoms with Crippen molar-refractivity contribution < 1.29 is 26.7 Å². The molecule has 2 N–H and O–H groups in total. The van der Waals surface area contributed by atoms with Gasteiger partial charge in [-0.3, -0.25) is 4.79 Å². The van der Waals surface area contributed by atoms with Crippen molar-refractivity contribution in [3.8, 4) is 0 Å². The van der Waals surface area contributed by atoms with Gasteiger partial charge >= 0.3 is 6.18 Å². The van der Waals surface area contributed by atoms with Crippen LogP contribution in [0.25, 0.3) is 0 Å². The predicted molar refractivity (Wildman–Crippen MR) is 90.3 cm³/mol. The molecule has 1 aromatic carbocycles. The fourth-order valence-electron chi connectivity index (χ4n) is 4.24. The number of amides is 1. The number of nitrogens with two attached hydrogens (primary N) is 1. The van der Waals surface area contributed by atoms with Gasteiger partial charge < -0.3 is 15.2 Å². The number of hydrogen-bond donors (Lipinski definition) is 1. The number of rotatable bonds is 4. The van der Waals surface area contributed by atoms with Gasteiger partial charge in [0.25, 0.3) is 0 Å². The molecule has 1 aromatic heterocycles. The molecule has 0 unspecified atom stereocenters. The highest BCUT2D eigenvalue weighted by Gasteiger charge is 2.48. The van der Waals surface area contributed by atoms with Gasteiger partial charge in [0.1, 0.15) is 11.6 Å². The number of hydrogen-bond acceptors (Lipinski definition) is 4. The van der Waals surface area contributed by atoms with E-state index in [1.54, 1.807) is 0 Å². The van der Waals surface area contributed by atoms with Crippen LogP contribution in [0.5, 0.6) is 0 Å². The zero-order valence-electron chi connectivity index (χ0n) is 15.2. The van der Waals surface area contributed by atoms with E-state index in [1.807, 2.05) is 0 Å². The van der Waals surface area contributed by atoms with Gasteiger partial charge in [0.15, 0.2) is 5.82 Å². The smallest absolute Gasteiger partial charge is 0.328 e. The molecule has 0 spiro atoms. The second-order valence-corrected chi connectivity index (χ2v) is 7.44. The van der Waals surface area contributed by atoms with E-state index >= 15 is 0 Å². The van der Waals surface area contributed by atoms with E-state index in [9.17, 15) is 26.7 Å². The minimum absolute atomic E-state index is 0.0345.